The van der Waals surface area contributed by atoms with Crippen LogP contribution in [0.4, 0.5) is 0 Å². The highest BCUT2D eigenvalue weighted by molar-refractivity contribution is 5.71. The van der Waals surface area contributed by atoms with Crippen LogP contribution < -0.4 is 0 Å². The number of aromatic nitrogens is 3. The molecule has 1 aliphatic carbocycles. The molecule has 1 saturated carbocycles. The van der Waals surface area contributed by atoms with E-state index >= 15 is 0 Å². The van der Waals surface area contributed by atoms with Crippen LogP contribution in [0.5, 0.6) is 0 Å². The van der Waals surface area contributed by atoms with Crippen LogP contribution in [0.25, 0.3) is 11.2 Å². The highest BCUT2D eigenvalue weighted by atomic mass is 15.2. The maximum atomic E-state index is 4.95. The standard InChI is InChI=1S/C17H24N4/c1-12(2)20-10-7-13(8-11-20)16-19-15-4-3-9-18-17(15)21(16)14-5-6-14/h3-4,9,12-14H,5-8,10-11H2,1-2H3. The molecule has 0 bridgehead atoms. The van der Waals surface area contributed by atoms with Crippen LogP contribution in [-0.2, 0) is 0 Å². The normalized spacial score (nSPS) is 21.5. The smallest absolute Gasteiger partial charge is 0.160 e. The molecular weight excluding hydrogens is 260 g/mol. The fraction of sp³-hybridized carbons (Fsp3) is 0.647. The van der Waals surface area contributed by atoms with Gasteiger partial charge in [-0.25, -0.2) is 9.97 Å². The van der Waals surface area contributed by atoms with Gasteiger partial charge in [-0.3, -0.25) is 0 Å². The maximum Gasteiger partial charge on any atom is 0.160 e. The monoisotopic (exact) mass is 284 g/mol. The van der Waals surface area contributed by atoms with Gasteiger partial charge < -0.3 is 9.47 Å². The van der Waals surface area contributed by atoms with Gasteiger partial charge in [-0.2, -0.15) is 0 Å². The second-order valence-corrected chi connectivity index (χ2v) is 6.82. The minimum atomic E-state index is 0.606. The molecule has 4 heteroatoms. The van der Waals surface area contributed by atoms with Crippen molar-refractivity contribution in [1.29, 1.82) is 0 Å². The van der Waals surface area contributed by atoms with Crippen molar-refractivity contribution >= 4 is 11.2 Å². The van der Waals surface area contributed by atoms with E-state index in [2.05, 4.69) is 34.4 Å². The second kappa shape index (κ2) is 5.09. The molecule has 4 nitrogen and oxygen atoms in total. The van der Waals surface area contributed by atoms with E-state index in [4.69, 9.17) is 4.98 Å². The maximum absolute atomic E-state index is 4.95. The summed E-state index contributed by atoms with van der Waals surface area (Å²) in [6.07, 6.45) is 6.94. The van der Waals surface area contributed by atoms with Gasteiger partial charge in [-0.05, 0) is 64.8 Å². The fourth-order valence-electron chi connectivity index (χ4n) is 3.60. The van der Waals surface area contributed by atoms with Gasteiger partial charge >= 0.3 is 0 Å². The number of rotatable bonds is 3. The quantitative estimate of drug-likeness (QED) is 0.866. The van der Waals surface area contributed by atoms with Crippen LogP contribution in [0.3, 0.4) is 0 Å². The lowest BCUT2D eigenvalue weighted by atomic mass is 9.95. The molecule has 2 fully saturated rings. The first-order chi connectivity index (χ1) is 10.2. The zero-order valence-electron chi connectivity index (χ0n) is 13.0. The second-order valence-electron chi connectivity index (χ2n) is 6.82. The summed E-state index contributed by atoms with van der Waals surface area (Å²) in [4.78, 5) is 12.1. The zero-order chi connectivity index (χ0) is 14.4. The summed E-state index contributed by atoms with van der Waals surface area (Å²) in [5.74, 6) is 1.91. The Hall–Kier alpha value is -1.42. The minimum absolute atomic E-state index is 0.606. The topological polar surface area (TPSA) is 34.0 Å². The number of hydrogen-bond donors (Lipinski definition) is 0. The number of fused-ring (bicyclic) bond motifs is 1. The summed E-state index contributed by atoms with van der Waals surface area (Å²) >= 11 is 0. The molecule has 0 spiro atoms. The first kappa shape index (κ1) is 13.3. The predicted octanol–water partition coefficient (Wildman–Crippen LogP) is 3.35. The molecule has 2 aliphatic rings. The first-order valence-electron chi connectivity index (χ1n) is 8.31. The fourth-order valence-corrected chi connectivity index (χ4v) is 3.60. The van der Waals surface area contributed by atoms with Crippen molar-refractivity contribution in [2.75, 3.05) is 13.1 Å². The molecule has 2 aromatic heterocycles. The largest absolute Gasteiger partial charge is 0.309 e. The molecule has 2 aromatic rings. The van der Waals surface area contributed by atoms with Crippen molar-refractivity contribution in [3.05, 3.63) is 24.2 Å². The molecular formula is C17H24N4. The van der Waals surface area contributed by atoms with Crippen LogP contribution in [-0.4, -0.2) is 38.6 Å². The van der Waals surface area contributed by atoms with Crippen molar-refractivity contribution in [1.82, 2.24) is 19.4 Å². The van der Waals surface area contributed by atoms with Crippen LogP contribution >= 0.6 is 0 Å². The Labute approximate surface area is 126 Å². The zero-order valence-corrected chi connectivity index (χ0v) is 13.0. The van der Waals surface area contributed by atoms with E-state index in [1.807, 2.05) is 12.3 Å². The molecule has 0 N–H and O–H groups in total. The van der Waals surface area contributed by atoms with E-state index in [-0.39, 0.29) is 0 Å². The number of imidazole rings is 1. The van der Waals surface area contributed by atoms with E-state index in [0.29, 0.717) is 18.0 Å². The lowest BCUT2D eigenvalue weighted by molar-refractivity contribution is 0.168. The Kier molecular flexibility index (Phi) is 3.21. The lowest BCUT2D eigenvalue weighted by Gasteiger charge is -2.34. The van der Waals surface area contributed by atoms with Gasteiger partial charge in [0.05, 0.1) is 0 Å². The number of nitrogens with zero attached hydrogens (tertiary/aromatic N) is 4. The van der Waals surface area contributed by atoms with Crippen molar-refractivity contribution in [2.24, 2.45) is 0 Å². The van der Waals surface area contributed by atoms with Gasteiger partial charge in [-0.15, -0.1) is 0 Å². The van der Waals surface area contributed by atoms with Gasteiger partial charge in [0.2, 0.25) is 0 Å². The van der Waals surface area contributed by atoms with Crippen LogP contribution in [0.2, 0.25) is 0 Å². The minimum Gasteiger partial charge on any atom is -0.309 e. The molecule has 0 amide bonds. The third-order valence-electron chi connectivity index (χ3n) is 5.01. The Morgan fingerprint density at radius 2 is 1.90 bits per heavy atom. The third kappa shape index (κ3) is 2.35. The van der Waals surface area contributed by atoms with Gasteiger partial charge in [-0.1, -0.05) is 0 Å². The summed E-state index contributed by atoms with van der Waals surface area (Å²) in [5, 5.41) is 0. The number of piperidine rings is 1. The van der Waals surface area contributed by atoms with E-state index in [9.17, 15) is 0 Å². The predicted molar refractivity (Wildman–Crippen MR) is 84.5 cm³/mol. The summed E-state index contributed by atoms with van der Waals surface area (Å²) < 4.78 is 2.45. The molecule has 3 heterocycles. The molecule has 1 aliphatic heterocycles. The summed E-state index contributed by atoms with van der Waals surface area (Å²) in [6.45, 7) is 6.99. The van der Waals surface area contributed by atoms with Crippen molar-refractivity contribution < 1.29 is 0 Å². The highest BCUT2D eigenvalue weighted by Crippen LogP contribution is 2.41. The van der Waals surface area contributed by atoms with Gasteiger partial charge in [0, 0.05) is 24.2 Å². The van der Waals surface area contributed by atoms with Gasteiger partial charge in [0.1, 0.15) is 11.3 Å². The average Bonchev–Trinajstić information content (AvgIpc) is 3.27. The van der Waals surface area contributed by atoms with E-state index in [1.54, 1.807) is 0 Å². The Bertz CT molecular complexity index is 633. The Morgan fingerprint density at radius 3 is 2.57 bits per heavy atom. The van der Waals surface area contributed by atoms with E-state index in [0.717, 1.165) is 11.2 Å². The third-order valence-corrected chi connectivity index (χ3v) is 5.01. The number of pyridine rings is 1. The average molecular weight is 284 g/mol. The van der Waals surface area contributed by atoms with Crippen LogP contribution in [0, 0.1) is 0 Å². The first-order valence-corrected chi connectivity index (χ1v) is 8.31. The SMILES string of the molecule is CC(C)N1CCC(c2nc3cccnc3n2C2CC2)CC1. The number of hydrogen-bond acceptors (Lipinski definition) is 3. The van der Waals surface area contributed by atoms with Gasteiger partial charge in [0.15, 0.2) is 5.65 Å². The molecule has 21 heavy (non-hydrogen) atoms. The highest BCUT2D eigenvalue weighted by Gasteiger charge is 2.33. The summed E-state index contributed by atoms with van der Waals surface area (Å²) in [6, 6.07) is 5.42. The van der Waals surface area contributed by atoms with Gasteiger partial charge in [0.25, 0.3) is 0 Å². The summed E-state index contributed by atoms with van der Waals surface area (Å²) in [5.41, 5.74) is 2.17. The Balaban J connectivity index is 1.66. The lowest BCUT2D eigenvalue weighted by Crippen LogP contribution is -2.38. The summed E-state index contributed by atoms with van der Waals surface area (Å²) in [7, 11) is 0. The molecule has 0 aromatic carbocycles. The molecule has 112 valence electrons. The molecule has 0 unspecified atom stereocenters. The van der Waals surface area contributed by atoms with E-state index in [1.165, 1.54) is 44.6 Å². The van der Waals surface area contributed by atoms with Crippen molar-refractivity contribution in [3.63, 3.8) is 0 Å². The van der Waals surface area contributed by atoms with Crippen molar-refractivity contribution in [3.8, 4) is 0 Å². The van der Waals surface area contributed by atoms with E-state index < -0.39 is 0 Å². The van der Waals surface area contributed by atoms with Crippen LogP contribution in [0.1, 0.15) is 57.3 Å². The van der Waals surface area contributed by atoms with Crippen molar-refractivity contribution in [2.45, 2.75) is 57.5 Å². The number of likely N-dealkylation sites (tertiary alicyclic amines) is 1. The van der Waals surface area contributed by atoms with Crippen LogP contribution in [0.15, 0.2) is 18.3 Å². The molecule has 4 rings (SSSR count). The molecule has 1 saturated heterocycles. The molecule has 0 radical (unpaired) electrons. The Morgan fingerprint density at radius 1 is 1.14 bits per heavy atom. The molecule has 0 atom stereocenters.